The van der Waals surface area contributed by atoms with Crippen LogP contribution in [0.25, 0.3) is 0 Å². The van der Waals surface area contributed by atoms with Crippen molar-refractivity contribution < 1.29 is 4.74 Å². The van der Waals surface area contributed by atoms with Gasteiger partial charge in [-0.05, 0) is 49.6 Å². The van der Waals surface area contributed by atoms with Gasteiger partial charge in [-0.25, -0.2) is 0 Å². The quantitative estimate of drug-likeness (QED) is 0.780. The molecule has 0 aliphatic carbocycles. The molecule has 0 spiro atoms. The minimum Gasteiger partial charge on any atom is -0.487 e. The Kier molecular flexibility index (Phi) is 5.32. The number of hydrogen-bond donors (Lipinski definition) is 1. The third kappa shape index (κ3) is 3.90. The summed E-state index contributed by atoms with van der Waals surface area (Å²) in [5.41, 5.74) is 6.28. The molecule has 0 saturated heterocycles. The number of hydrogen-bond acceptors (Lipinski definition) is 2. The third-order valence-corrected chi connectivity index (χ3v) is 3.31. The smallest absolute Gasteiger partial charge is 0.148 e. The first-order valence-electron chi connectivity index (χ1n) is 4.18. The molecule has 0 bridgehead atoms. The molecule has 0 unspecified atom stereocenters. The van der Waals surface area contributed by atoms with E-state index in [1.165, 1.54) is 0 Å². The average Bonchev–Trinajstić information content (AvgIpc) is 2.15. The van der Waals surface area contributed by atoms with E-state index in [-0.39, 0.29) is 0 Å². The highest BCUT2D eigenvalue weighted by molar-refractivity contribution is 9.11. The highest BCUT2D eigenvalue weighted by atomic mass is 79.9. The summed E-state index contributed by atoms with van der Waals surface area (Å²) in [7, 11) is 0. The van der Waals surface area contributed by atoms with Crippen LogP contribution < -0.4 is 10.5 Å². The van der Waals surface area contributed by atoms with Gasteiger partial charge in [-0.15, -0.1) is 0 Å². The van der Waals surface area contributed by atoms with Gasteiger partial charge in [0.2, 0.25) is 0 Å². The fraction of sp³-hybridized carbons (Fsp3) is 0.200. The van der Waals surface area contributed by atoms with Crippen molar-refractivity contribution in [3.63, 3.8) is 0 Å². The summed E-state index contributed by atoms with van der Waals surface area (Å²) in [5.74, 6) is 0.757. The molecule has 15 heavy (non-hydrogen) atoms. The van der Waals surface area contributed by atoms with Gasteiger partial charge in [0.05, 0.1) is 8.95 Å². The van der Waals surface area contributed by atoms with E-state index in [0.29, 0.717) is 13.2 Å². The van der Waals surface area contributed by atoms with E-state index in [1.807, 2.05) is 12.1 Å². The SMILES string of the molecule is C=C(CN)COc1c(Br)cc(Br)cc1Br. The molecule has 1 aromatic rings. The van der Waals surface area contributed by atoms with Crippen molar-refractivity contribution in [1.29, 1.82) is 0 Å². The van der Waals surface area contributed by atoms with Gasteiger partial charge in [-0.1, -0.05) is 22.5 Å². The van der Waals surface area contributed by atoms with E-state index in [4.69, 9.17) is 10.5 Å². The largest absolute Gasteiger partial charge is 0.487 e. The van der Waals surface area contributed by atoms with Crippen LogP contribution in [0.1, 0.15) is 0 Å². The zero-order chi connectivity index (χ0) is 11.4. The van der Waals surface area contributed by atoms with Crippen LogP contribution in [0.4, 0.5) is 0 Å². The number of rotatable bonds is 4. The predicted molar refractivity (Wildman–Crippen MR) is 73.2 cm³/mol. The number of nitrogens with two attached hydrogens (primary N) is 1. The molecule has 2 N–H and O–H groups in total. The van der Waals surface area contributed by atoms with Crippen molar-refractivity contribution in [3.05, 3.63) is 37.7 Å². The number of ether oxygens (including phenoxy) is 1. The minimum absolute atomic E-state index is 0.426. The molecular weight excluding hydrogens is 390 g/mol. The van der Waals surface area contributed by atoms with Crippen LogP contribution in [0, 0.1) is 0 Å². The molecule has 0 aromatic heterocycles. The lowest BCUT2D eigenvalue weighted by molar-refractivity contribution is 0.346. The Hall–Kier alpha value is 0.160. The molecule has 0 aliphatic rings. The second-order valence-electron chi connectivity index (χ2n) is 2.94. The predicted octanol–water partition coefficient (Wildman–Crippen LogP) is 3.87. The van der Waals surface area contributed by atoms with Crippen LogP contribution >= 0.6 is 47.8 Å². The summed E-state index contributed by atoms with van der Waals surface area (Å²) < 4.78 is 8.32. The Labute approximate surface area is 114 Å². The number of benzene rings is 1. The van der Waals surface area contributed by atoms with E-state index in [1.54, 1.807) is 0 Å². The summed E-state index contributed by atoms with van der Waals surface area (Å²) in [6, 6.07) is 3.84. The molecule has 0 fully saturated rings. The van der Waals surface area contributed by atoms with Gasteiger partial charge >= 0.3 is 0 Å². The molecule has 5 heteroatoms. The summed E-state index contributed by atoms with van der Waals surface area (Å²) in [5, 5.41) is 0. The fourth-order valence-electron chi connectivity index (χ4n) is 0.900. The summed E-state index contributed by atoms with van der Waals surface area (Å²) in [4.78, 5) is 0. The Bertz CT molecular complexity index is 356. The molecule has 0 amide bonds. The van der Waals surface area contributed by atoms with E-state index in [2.05, 4.69) is 54.4 Å². The van der Waals surface area contributed by atoms with Crippen LogP contribution in [-0.2, 0) is 0 Å². The maximum absolute atomic E-state index is 5.58. The van der Waals surface area contributed by atoms with E-state index in [0.717, 1.165) is 24.7 Å². The minimum atomic E-state index is 0.426. The van der Waals surface area contributed by atoms with Gasteiger partial charge < -0.3 is 10.5 Å². The lowest BCUT2D eigenvalue weighted by atomic mass is 10.3. The Balaban J connectivity index is 2.81. The third-order valence-electron chi connectivity index (χ3n) is 1.67. The Morgan fingerprint density at radius 1 is 1.27 bits per heavy atom. The summed E-state index contributed by atoms with van der Waals surface area (Å²) >= 11 is 10.2. The first kappa shape index (κ1) is 13.2. The normalized spacial score (nSPS) is 10.1. The average molecular weight is 400 g/mol. The van der Waals surface area contributed by atoms with Gasteiger partial charge in [0.25, 0.3) is 0 Å². The van der Waals surface area contributed by atoms with Crippen LogP contribution in [-0.4, -0.2) is 13.2 Å². The zero-order valence-corrected chi connectivity index (χ0v) is 12.7. The van der Waals surface area contributed by atoms with Crippen molar-refractivity contribution in [2.75, 3.05) is 13.2 Å². The Morgan fingerprint density at radius 2 is 1.80 bits per heavy atom. The second kappa shape index (κ2) is 6.03. The summed E-state index contributed by atoms with van der Waals surface area (Å²) in [6.45, 7) is 4.64. The van der Waals surface area contributed by atoms with Gasteiger partial charge in [0.1, 0.15) is 12.4 Å². The van der Waals surface area contributed by atoms with Crippen LogP contribution in [0.15, 0.2) is 37.7 Å². The topological polar surface area (TPSA) is 35.2 Å². The van der Waals surface area contributed by atoms with Crippen LogP contribution in [0.5, 0.6) is 5.75 Å². The highest BCUT2D eigenvalue weighted by Gasteiger charge is 2.08. The second-order valence-corrected chi connectivity index (χ2v) is 5.57. The van der Waals surface area contributed by atoms with Crippen LogP contribution in [0.3, 0.4) is 0 Å². The monoisotopic (exact) mass is 397 g/mol. The lowest BCUT2D eigenvalue weighted by Gasteiger charge is -2.11. The molecule has 82 valence electrons. The molecule has 0 radical (unpaired) electrons. The van der Waals surface area contributed by atoms with Gasteiger partial charge in [0.15, 0.2) is 0 Å². The van der Waals surface area contributed by atoms with Gasteiger partial charge in [-0.3, -0.25) is 0 Å². The van der Waals surface area contributed by atoms with Crippen molar-refractivity contribution in [2.45, 2.75) is 0 Å². The van der Waals surface area contributed by atoms with E-state index in [9.17, 15) is 0 Å². The first-order valence-corrected chi connectivity index (χ1v) is 6.56. The number of halogens is 3. The molecule has 1 aromatic carbocycles. The van der Waals surface area contributed by atoms with Crippen LogP contribution in [0.2, 0.25) is 0 Å². The lowest BCUT2D eigenvalue weighted by Crippen LogP contribution is -2.10. The Morgan fingerprint density at radius 3 is 2.27 bits per heavy atom. The zero-order valence-electron chi connectivity index (χ0n) is 7.90. The fourth-order valence-corrected chi connectivity index (χ4v) is 3.39. The molecule has 2 nitrogen and oxygen atoms in total. The maximum Gasteiger partial charge on any atom is 0.148 e. The van der Waals surface area contributed by atoms with Gasteiger partial charge in [0, 0.05) is 11.0 Å². The molecule has 0 aliphatic heterocycles. The highest BCUT2D eigenvalue weighted by Crippen LogP contribution is 2.36. The van der Waals surface area contributed by atoms with Crippen molar-refractivity contribution >= 4 is 47.8 Å². The van der Waals surface area contributed by atoms with Crippen molar-refractivity contribution in [2.24, 2.45) is 5.73 Å². The molecule has 0 saturated carbocycles. The molecule has 1 rings (SSSR count). The standard InChI is InChI=1S/C10H10Br3NO/c1-6(4-14)5-15-10-8(12)2-7(11)3-9(10)13/h2-3H,1,4-5,14H2. The molecule has 0 atom stereocenters. The van der Waals surface area contributed by atoms with E-state index < -0.39 is 0 Å². The molecule has 0 heterocycles. The van der Waals surface area contributed by atoms with Crippen molar-refractivity contribution in [1.82, 2.24) is 0 Å². The van der Waals surface area contributed by atoms with Gasteiger partial charge in [-0.2, -0.15) is 0 Å². The first-order chi connectivity index (χ1) is 7.04. The van der Waals surface area contributed by atoms with E-state index >= 15 is 0 Å². The molecular formula is C10H10Br3NO. The summed E-state index contributed by atoms with van der Waals surface area (Å²) in [6.07, 6.45) is 0. The van der Waals surface area contributed by atoms with Crippen molar-refractivity contribution in [3.8, 4) is 5.75 Å². The maximum atomic E-state index is 5.58.